The summed E-state index contributed by atoms with van der Waals surface area (Å²) < 4.78 is 1.74. The Balaban J connectivity index is 2.00. The third-order valence-corrected chi connectivity index (χ3v) is 4.84. The van der Waals surface area contributed by atoms with Gasteiger partial charge < -0.3 is 15.6 Å². The summed E-state index contributed by atoms with van der Waals surface area (Å²) in [7, 11) is 1.78. The van der Waals surface area contributed by atoms with Crippen LogP contribution in [0.15, 0.2) is 29.4 Å². The van der Waals surface area contributed by atoms with E-state index in [0.717, 1.165) is 0 Å². The van der Waals surface area contributed by atoms with E-state index in [1.165, 1.54) is 18.7 Å². The minimum absolute atomic E-state index is 0.0638. The number of amides is 2. The molecule has 1 atom stereocenters. The average molecular weight is 375 g/mol. The lowest BCUT2D eigenvalue weighted by Crippen LogP contribution is -2.23. The third kappa shape index (κ3) is 5.16. The molecule has 9 heteroatoms. The van der Waals surface area contributed by atoms with Gasteiger partial charge >= 0.3 is 0 Å². The monoisotopic (exact) mass is 375 g/mol. The van der Waals surface area contributed by atoms with Gasteiger partial charge in [-0.2, -0.15) is 0 Å². The molecule has 3 N–H and O–H groups in total. The second-order valence-electron chi connectivity index (χ2n) is 5.81. The first-order chi connectivity index (χ1) is 12.3. The zero-order valence-electron chi connectivity index (χ0n) is 14.9. The van der Waals surface area contributed by atoms with Gasteiger partial charge in [0.25, 0.3) is 0 Å². The van der Waals surface area contributed by atoms with Gasteiger partial charge in [0.2, 0.25) is 11.8 Å². The number of nitrogens with zero attached hydrogens (tertiary/aromatic N) is 3. The summed E-state index contributed by atoms with van der Waals surface area (Å²) in [4.78, 5) is 34.7. The molecule has 0 saturated carbocycles. The highest BCUT2D eigenvalue weighted by Gasteiger charge is 2.19. The molecular weight excluding hydrogens is 354 g/mol. The van der Waals surface area contributed by atoms with Crippen LogP contribution in [0.2, 0.25) is 0 Å². The van der Waals surface area contributed by atoms with Crippen molar-refractivity contribution in [3.8, 4) is 0 Å². The molecule has 0 fully saturated rings. The van der Waals surface area contributed by atoms with Crippen LogP contribution in [0.1, 0.15) is 36.5 Å². The first kappa shape index (κ1) is 19.6. The fourth-order valence-electron chi connectivity index (χ4n) is 2.17. The van der Waals surface area contributed by atoms with Crippen molar-refractivity contribution in [1.82, 2.24) is 14.8 Å². The average Bonchev–Trinajstić information content (AvgIpc) is 2.93. The number of rotatable bonds is 8. The van der Waals surface area contributed by atoms with Crippen LogP contribution in [0.5, 0.6) is 0 Å². The van der Waals surface area contributed by atoms with Gasteiger partial charge in [-0.25, -0.2) is 0 Å². The van der Waals surface area contributed by atoms with Crippen molar-refractivity contribution >= 4 is 35.0 Å². The van der Waals surface area contributed by atoms with Crippen molar-refractivity contribution < 1.29 is 14.4 Å². The zero-order valence-corrected chi connectivity index (χ0v) is 15.7. The molecule has 0 aliphatic carbocycles. The molecule has 2 amide bonds. The Labute approximate surface area is 155 Å². The lowest BCUT2D eigenvalue weighted by molar-refractivity contribution is -0.118. The number of anilines is 1. The number of hydrogen-bond acceptors (Lipinski definition) is 6. The Morgan fingerprint density at radius 1 is 1.31 bits per heavy atom. The number of Topliss-reactive ketones (excluding diaryl/α,β-unsaturated/α-hetero) is 1. The first-order valence-corrected chi connectivity index (χ1v) is 8.91. The van der Waals surface area contributed by atoms with E-state index in [1.807, 2.05) is 0 Å². The summed E-state index contributed by atoms with van der Waals surface area (Å²) in [5.74, 6) is -0.0423. The van der Waals surface area contributed by atoms with Crippen molar-refractivity contribution in [1.29, 1.82) is 0 Å². The molecule has 1 aromatic carbocycles. The Kier molecular flexibility index (Phi) is 6.51. The topological polar surface area (TPSA) is 120 Å². The summed E-state index contributed by atoms with van der Waals surface area (Å²) in [6, 6.07) is 6.79. The molecule has 1 aromatic heterocycles. The highest BCUT2D eigenvalue weighted by molar-refractivity contribution is 8.00. The standard InChI is InChI=1S/C17H21N5O3S/c1-10(23)12-5-4-6-13(9-12)19-16(25)11(2)26-17-21-20-15(22(17)3)8-7-14(18)24/h4-6,9,11H,7-8H2,1-3H3,(H2,18,24)(H,19,25)/t11-/m1/s1. The molecule has 0 saturated heterocycles. The van der Waals surface area contributed by atoms with Gasteiger partial charge in [-0.05, 0) is 26.0 Å². The van der Waals surface area contributed by atoms with E-state index in [9.17, 15) is 14.4 Å². The molecular formula is C17H21N5O3S. The summed E-state index contributed by atoms with van der Waals surface area (Å²) in [6.45, 7) is 3.23. The summed E-state index contributed by atoms with van der Waals surface area (Å²) in [6.07, 6.45) is 0.594. The second-order valence-corrected chi connectivity index (χ2v) is 7.12. The largest absolute Gasteiger partial charge is 0.370 e. The molecule has 1 heterocycles. The number of aryl methyl sites for hydroxylation is 1. The highest BCUT2D eigenvalue weighted by atomic mass is 32.2. The van der Waals surface area contributed by atoms with Crippen LogP contribution in [0.4, 0.5) is 5.69 Å². The number of thioether (sulfide) groups is 1. The van der Waals surface area contributed by atoms with Gasteiger partial charge in [0.15, 0.2) is 10.9 Å². The Morgan fingerprint density at radius 2 is 2.04 bits per heavy atom. The van der Waals surface area contributed by atoms with Crippen molar-refractivity contribution in [2.75, 3.05) is 5.32 Å². The van der Waals surface area contributed by atoms with Crippen LogP contribution in [-0.4, -0.2) is 37.6 Å². The SMILES string of the molecule is CC(=O)c1cccc(NC(=O)[C@@H](C)Sc2nnc(CCC(N)=O)n2C)c1. The van der Waals surface area contributed by atoms with E-state index in [-0.39, 0.29) is 18.1 Å². The van der Waals surface area contributed by atoms with Crippen LogP contribution in [-0.2, 0) is 23.1 Å². The second kappa shape index (κ2) is 8.61. The maximum Gasteiger partial charge on any atom is 0.237 e. The maximum atomic E-state index is 12.4. The van der Waals surface area contributed by atoms with Gasteiger partial charge in [-0.15, -0.1) is 10.2 Å². The summed E-state index contributed by atoms with van der Waals surface area (Å²) in [5, 5.41) is 11.0. The smallest absolute Gasteiger partial charge is 0.237 e. The van der Waals surface area contributed by atoms with Crippen molar-refractivity contribution in [3.63, 3.8) is 0 Å². The molecule has 0 bridgehead atoms. The maximum absolute atomic E-state index is 12.4. The number of hydrogen-bond donors (Lipinski definition) is 2. The van der Waals surface area contributed by atoms with E-state index in [4.69, 9.17) is 5.73 Å². The van der Waals surface area contributed by atoms with E-state index in [0.29, 0.717) is 28.7 Å². The van der Waals surface area contributed by atoms with Gasteiger partial charge in [0.1, 0.15) is 5.82 Å². The van der Waals surface area contributed by atoms with E-state index < -0.39 is 11.2 Å². The fourth-order valence-corrected chi connectivity index (χ4v) is 3.01. The van der Waals surface area contributed by atoms with Crippen LogP contribution in [0.3, 0.4) is 0 Å². The highest BCUT2D eigenvalue weighted by Crippen LogP contribution is 2.23. The number of nitrogens with two attached hydrogens (primary N) is 1. The molecule has 26 heavy (non-hydrogen) atoms. The first-order valence-electron chi connectivity index (χ1n) is 8.03. The predicted octanol–water partition coefficient (Wildman–Crippen LogP) is 1.55. The number of carbonyl (C=O) groups excluding carboxylic acids is 3. The van der Waals surface area contributed by atoms with Crippen molar-refractivity contribution in [3.05, 3.63) is 35.7 Å². The molecule has 2 aromatic rings. The number of aromatic nitrogens is 3. The van der Waals surface area contributed by atoms with Crippen LogP contribution < -0.4 is 11.1 Å². The third-order valence-electron chi connectivity index (χ3n) is 3.71. The molecule has 8 nitrogen and oxygen atoms in total. The van der Waals surface area contributed by atoms with Gasteiger partial charge in [0.05, 0.1) is 5.25 Å². The van der Waals surface area contributed by atoms with Gasteiger partial charge in [-0.3, -0.25) is 14.4 Å². The van der Waals surface area contributed by atoms with Crippen LogP contribution >= 0.6 is 11.8 Å². The zero-order chi connectivity index (χ0) is 19.3. The fraction of sp³-hybridized carbons (Fsp3) is 0.353. The van der Waals surface area contributed by atoms with E-state index in [2.05, 4.69) is 15.5 Å². The molecule has 0 aliphatic rings. The molecule has 0 aliphatic heterocycles. The molecule has 138 valence electrons. The summed E-state index contributed by atoms with van der Waals surface area (Å²) >= 11 is 1.26. The van der Waals surface area contributed by atoms with E-state index >= 15 is 0 Å². The molecule has 0 spiro atoms. The minimum atomic E-state index is -0.428. The summed E-state index contributed by atoms with van der Waals surface area (Å²) in [5.41, 5.74) is 6.25. The Hall–Kier alpha value is -2.68. The molecule has 0 unspecified atom stereocenters. The van der Waals surface area contributed by atoms with Crippen molar-refractivity contribution in [2.45, 2.75) is 37.1 Å². The molecule has 0 radical (unpaired) electrons. The number of benzene rings is 1. The van der Waals surface area contributed by atoms with Crippen LogP contribution in [0, 0.1) is 0 Å². The van der Waals surface area contributed by atoms with Gasteiger partial charge in [-0.1, -0.05) is 23.9 Å². The van der Waals surface area contributed by atoms with Gasteiger partial charge in [0, 0.05) is 31.1 Å². The number of carbonyl (C=O) groups is 3. The quantitative estimate of drug-likeness (QED) is 0.534. The Morgan fingerprint density at radius 3 is 2.69 bits per heavy atom. The normalized spacial score (nSPS) is 11.8. The lowest BCUT2D eigenvalue weighted by Gasteiger charge is -2.12. The molecule has 2 rings (SSSR count). The number of primary amides is 1. The van der Waals surface area contributed by atoms with Crippen LogP contribution in [0.25, 0.3) is 0 Å². The Bertz CT molecular complexity index is 834. The lowest BCUT2D eigenvalue weighted by atomic mass is 10.1. The number of ketones is 1. The van der Waals surface area contributed by atoms with E-state index in [1.54, 1.807) is 42.8 Å². The predicted molar refractivity (Wildman–Crippen MR) is 98.9 cm³/mol. The number of nitrogens with one attached hydrogen (secondary N) is 1. The van der Waals surface area contributed by atoms with Crippen molar-refractivity contribution in [2.24, 2.45) is 12.8 Å². The minimum Gasteiger partial charge on any atom is -0.370 e.